The quantitative estimate of drug-likeness (QED) is 0.0455. The molecule has 0 aliphatic carbocycles. The van der Waals surface area contributed by atoms with E-state index >= 15 is 0 Å². The minimum atomic E-state index is -5.40. The Morgan fingerprint density at radius 3 is 1.29 bits per heavy atom. The molecule has 0 amide bonds. The van der Waals surface area contributed by atoms with E-state index in [1.54, 1.807) is 0 Å². The lowest BCUT2D eigenvalue weighted by Gasteiger charge is -2.25. The highest BCUT2D eigenvalue weighted by atomic mass is 31.2. The summed E-state index contributed by atoms with van der Waals surface area (Å²) in [5.41, 5.74) is 36.0. The summed E-state index contributed by atoms with van der Waals surface area (Å²) >= 11 is 0. The lowest BCUT2D eigenvalue weighted by molar-refractivity contribution is -0.0635. The lowest BCUT2D eigenvalue weighted by Crippen LogP contribution is -2.37. The molecule has 3 fully saturated rings. The van der Waals surface area contributed by atoms with Gasteiger partial charge in [-0.25, -0.2) is 54.0 Å². The Labute approximate surface area is 366 Å². The summed E-state index contributed by atoms with van der Waals surface area (Å²) < 4.78 is 69.2. The molecule has 14 unspecified atom stereocenters. The molecule has 14 atom stereocenters. The summed E-state index contributed by atoms with van der Waals surface area (Å²) in [6.45, 7) is -2.74. The molecule has 0 bridgehead atoms. The summed E-state index contributed by atoms with van der Waals surface area (Å²) in [6.07, 6.45) is -17.3. The minimum absolute atomic E-state index is 0.0174. The van der Waals surface area contributed by atoms with Crippen molar-refractivity contribution < 1.29 is 76.8 Å². The number of nitrogen functional groups attached to an aromatic ring is 6. The van der Waals surface area contributed by atoms with E-state index in [2.05, 4.69) is 44.9 Å². The molecule has 9 heterocycles. The zero-order valence-corrected chi connectivity index (χ0v) is 35.1. The third kappa shape index (κ3) is 7.85. The van der Waals surface area contributed by atoms with Gasteiger partial charge < -0.3 is 83.9 Å². The summed E-state index contributed by atoms with van der Waals surface area (Å²) in [5.74, 6) is -1.17. The third-order valence-electron chi connectivity index (χ3n) is 10.8. The lowest BCUT2D eigenvalue weighted by atomic mass is 10.1. The maximum atomic E-state index is 13.7. The van der Waals surface area contributed by atoms with Crippen molar-refractivity contribution in [1.29, 1.82) is 0 Å². The number of nitrogens with two attached hydrogens (primary N) is 6. The van der Waals surface area contributed by atoms with Crippen molar-refractivity contribution in [2.75, 3.05) is 54.2 Å². The normalized spacial score (nSPS) is 31.0. The van der Waals surface area contributed by atoms with Crippen LogP contribution < -0.4 is 34.4 Å². The van der Waals surface area contributed by atoms with E-state index < -0.39 is 109 Å². The Morgan fingerprint density at radius 1 is 0.530 bits per heavy atom. The van der Waals surface area contributed by atoms with Crippen LogP contribution in [0.4, 0.5) is 35.3 Å². The van der Waals surface area contributed by atoms with Crippen LogP contribution in [0, 0.1) is 0 Å². The molecule has 34 nitrogen and oxygen atoms in total. The van der Waals surface area contributed by atoms with Crippen LogP contribution >= 0.6 is 15.6 Å². The van der Waals surface area contributed by atoms with Crippen molar-refractivity contribution in [3.63, 3.8) is 0 Å². The van der Waals surface area contributed by atoms with E-state index in [-0.39, 0.29) is 68.8 Å². The minimum Gasteiger partial charge on any atom is -0.394 e. The Bertz CT molecular complexity index is 2910. The van der Waals surface area contributed by atoms with Gasteiger partial charge >= 0.3 is 15.6 Å². The highest BCUT2D eigenvalue weighted by Crippen LogP contribution is 2.53. The largest absolute Gasteiger partial charge is 0.472 e. The second-order valence-corrected chi connectivity index (χ2v) is 17.6. The molecular weight excluding hydrogens is 930 g/mol. The molecule has 0 radical (unpaired) electrons. The first-order valence-electron chi connectivity index (χ1n) is 19.1. The molecule has 3 aliphatic heterocycles. The maximum Gasteiger partial charge on any atom is 0.472 e. The molecule has 0 saturated carbocycles. The molecule has 19 N–H and O–H groups in total. The molecule has 3 saturated heterocycles. The number of imidazole rings is 3. The van der Waals surface area contributed by atoms with Crippen molar-refractivity contribution in [2.45, 2.75) is 73.6 Å². The number of rotatable bonds is 14. The average molecular weight is 971 g/mol. The molecule has 36 heteroatoms. The van der Waals surface area contributed by atoms with Gasteiger partial charge in [-0.2, -0.15) is 0 Å². The summed E-state index contributed by atoms with van der Waals surface area (Å²) in [6, 6.07) is 0. The maximum absolute atomic E-state index is 13.7. The van der Waals surface area contributed by atoms with Gasteiger partial charge in [0, 0.05) is 0 Å². The summed E-state index contributed by atoms with van der Waals surface area (Å²) in [5, 5.41) is 54.3. The number of aliphatic hydroxyl groups excluding tert-OH is 5. The number of aromatic nitrogens is 12. The Morgan fingerprint density at radius 2 is 0.879 bits per heavy atom. The SMILES string of the molecule is Nc1ncnc2c1nc(N)n2C1OC(COP(=O)(O)OC2C(O)C(COP(=O)(O)OC3C(O)C(CO)OC3n3c(N)nc4c(N)ncnc43)OC2n2c(N)nc3c(N)ncnc32)C(O)C1O. The van der Waals surface area contributed by atoms with Crippen molar-refractivity contribution >= 4 is 84.4 Å². The van der Waals surface area contributed by atoms with E-state index in [1.165, 1.54) is 0 Å². The van der Waals surface area contributed by atoms with Crippen LogP contribution in [0.3, 0.4) is 0 Å². The molecule has 66 heavy (non-hydrogen) atoms. The zero-order valence-electron chi connectivity index (χ0n) is 33.3. The summed E-state index contributed by atoms with van der Waals surface area (Å²) in [4.78, 5) is 58.1. The number of anilines is 6. The van der Waals surface area contributed by atoms with Gasteiger partial charge in [0.25, 0.3) is 0 Å². The van der Waals surface area contributed by atoms with Gasteiger partial charge in [0.1, 0.15) is 73.9 Å². The third-order valence-corrected chi connectivity index (χ3v) is 12.8. The molecule has 0 spiro atoms. The fourth-order valence-electron chi connectivity index (χ4n) is 7.73. The van der Waals surface area contributed by atoms with Crippen LogP contribution in [-0.2, 0) is 41.4 Å². The average Bonchev–Trinajstić information content (AvgIpc) is 4.09. The number of nitrogens with zero attached hydrogens (tertiary/aromatic N) is 12. The van der Waals surface area contributed by atoms with E-state index in [0.717, 1.165) is 32.7 Å². The highest BCUT2D eigenvalue weighted by Gasteiger charge is 2.54. The second kappa shape index (κ2) is 16.9. The van der Waals surface area contributed by atoms with E-state index in [1.807, 2.05) is 0 Å². The van der Waals surface area contributed by atoms with Crippen LogP contribution in [-0.4, -0.2) is 169 Å². The number of phosphoric ester groups is 2. The smallest absolute Gasteiger partial charge is 0.394 e. The molecule has 0 aromatic carbocycles. The monoisotopic (exact) mass is 970 g/mol. The molecule has 6 aromatic heterocycles. The highest BCUT2D eigenvalue weighted by molar-refractivity contribution is 7.47. The molecule has 6 aromatic rings. The first-order valence-corrected chi connectivity index (χ1v) is 22.1. The predicted octanol–water partition coefficient (Wildman–Crippen LogP) is -4.87. The van der Waals surface area contributed by atoms with Crippen LogP contribution in [0.5, 0.6) is 0 Å². The van der Waals surface area contributed by atoms with E-state index in [0.29, 0.717) is 0 Å². The van der Waals surface area contributed by atoms with Gasteiger partial charge in [0.2, 0.25) is 17.8 Å². The Balaban J connectivity index is 0.935. The van der Waals surface area contributed by atoms with Crippen molar-refractivity contribution in [2.24, 2.45) is 0 Å². The number of hydrogen-bond donors (Lipinski definition) is 13. The predicted molar refractivity (Wildman–Crippen MR) is 217 cm³/mol. The molecule has 356 valence electrons. The van der Waals surface area contributed by atoms with Crippen molar-refractivity contribution in [3.8, 4) is 0 Å². The van der Waals surface area contributed by atoms with E-state index in [4.69, 9.17) is 66.7 Å². The van der Waals surface area contributed by atoms with Gasteiger partial charge in [0.15, 0.2) is 69.6 Å². The topological polar surface area (TPSA) is 527 Å². The van der Waals surface area contributed by atoms with E-state index in [9.17, 15) is 44.4 Å². The number of fused-ring (bicyclic) bond motifs is 3. The molecular formula is C30H40N18O16P2. The number of aliphatic hydroxyl groups is 5. The van der Waals surface area contributed by atoms with Gasteiger partial charge in [0.05, 0.1) is 19.8 Å². The Kier molecular flexibility index (Phi) is 11.7. The van der Waals surface area contributed by atoms with Gasteiger partial charge in [-0.3, -0.25) is 31.8 Å². The van der Waals surface area contributed by atoms with Crippen LogP contribution in [0.2, 0.25) is 0 Å². The molecule has 3 aliphatic rings. The van der Waals surface area contributed by atoms with Crippen LogP contribution in [0.25, 0.3) is 33.5 Å². The van der Waals surface area contributed by atoms with Gasteiger partial charge in [-0.05, 0) is 0 Å². The Hall–Kier alpha value is -5.65. The fraction of sp³-hybridized carbons (Fsp3) is 0.500. The number of ether oxygens (including phenoxy) is 3. The first-order chi connectivity index (χ1) is 31.3. The summed E-state index contributed by atoms with van der Waals surface area (Å²) in [7, 11) is -10.8. The second-order valence-electron chi connectivity index (χ2n) is 14.8. The molecule has 9 rings (SSSR count). The number of hydrogen-bond acceptors (Lipinski definition) is 29. The van der Waals surface area contributed by atoms with Crippen molar-refractivity contribution in [3.05, 3.63) is 19.0 Å². The zero-order chi connectivity index (χ0) is 47.1. The number of phosphoric acid groups is 2. The van der Waals surface area contributed by atoms with Crippen LogP contribution in [0.1, 0.15) is 18.7 Å². The van der Waals surface area contributed by atoms with Crippen LogP contribution in [0.15, 0.2) is 19.0 Å². The first kappa shape index (κ1) is 45.5. The standard InChI is InChI=1S/C30H40N18O16P2/c31-19-10-22(40-4-37-19)46(28(34)43-10)25-16(53)13(50)8(61-25)2-58-65(54,55)64-18-15(52)9(62-27(18)48-24-12(45-30(48)36)21(33)39-6-42-24)3-59-66(56,57)63-17-14(51)7(1-49)60-26(17)47-23-11(44-29(47)35)20(32)38-5-41-23/h4-9,13-18,25-27,49-53H,1-3H2,(H2,34,43)(H2,35,44)(H2,36,45)(H,54,55)(H,56,57)(H2,31,37,40)(H2,32,38,41)(H2,33,39,42). The fourth-order valence-corrected chi connectivity index (χ4v) is 9.60. The van der Waals surface area contributed by atoms with Gasteiger partial charge in [-0.1, -0.05) is 0 Å². The van der Waals surface area contributed by atoms with Crippen molar-refractivity contribution in [1.82, 2.24) is 58.6 Å². The van der Waals surface area contributed by atoms with Gasteiger partial charge in [-0.15, -0.1) is 0 Å².